The van der Waals surface area contributed by atoms with Gasteiger partial charge in [0.15, 0.2) is 0 Å². The molecule has 102 heavy (non-hydrogen) atoms. The molecule has 26 nitrogen and oxygen atoms in total. The molecule has 0 bridgehead atoms. The second-order valence-electron chi connectivity index (χ2n) is 22.3. The van der Waals surface area contributed by atoms with Crippen LogP contribution in [0, 0.1) is 6.57 Å². The summed E-state index contributed by atoms with van der Waals surface area (Å²) >= 11 is 6.87. The molecule has 0 saturated carbocycles. The first-order chi connectivity index (χ1) is 49.2. The minimum Gasteiger partial charge on any atom is -0.460 e. The van der Waals surface area contributed by atoms with Gasteiger partial charge in [-0.3, -0.25) is 0 Å². The topological polar surface area (TPSA) is 315 Å². The molecule has 5 N–H and O–H groups in total. The number of rotatable bonds is 37. The smallest absolute Gasteiger partial charge is 0.338 e. The minimum atomic E-state index is -1.48. The van der Waals surface area contributed by atoms with Crippen molar-refractivity contribution in [2.75, 3.05) is 111 Å². The number of carbonyl (C=O) groups excluding carboxylic acids is 4. The molecule has 3 heterocycles. The molecule has 0 amide bonds. The maximum atomic E-state index is 12.0. The highest BCUT2D eigenvalue weighted by atomic mass is 35.5. The van der Waals surface area contributed by atoms with Crippen molar-refractivity contribution < 1.29 is 115 Å². The Morgan fingerprint density at radius 1 is 0.520 bits per heavy atom. The Hall–Kier alpha value is -5.17. The first kappa shape index (κ1) is 92.9. The maximum absolute atomic E-state index is 12.0. The van der Waals surface area contributed by atoms with Gasteiger partial charge in [0, 0.05) is 30.1 Å². The first-order valence-corrected chi connectivity index (χ1v) is 36.4. The van der Waals surface area contributed by atoms with E-state index in [0.29, 0.717) is 67.3 Å². The van der Waals surface area contributed by atoms with Crippen molar-refractivity contribution in [2.24, 2.45) is 0 Å². The monoisotopic (exact) mass is 1480 g/mol. The van der Waals surface area contributed by atoms with Crippen LogP contribution in [0.15, 0.2) is 121 Å². The van der Waals surface area contributed by atoms with E-state index in [1.807, 2.05) is 51.3 Å². The molecule has 3 saturated heterocycles. The molecule has 562 valence electrons. The number of aliphatic hydroxyl groups excluding tert-OH is 5. The van der Waals surface area contributed by atoms with Crippen LogP contribution in [0.3, 0.4) is 0 Å². The van der Waals surface area contributed by atoms with Gasteiger partial charge in [-0.05, 0) is 102 Å². The van der Waals surface area contributed by atoms with Crippen LogP contribution >= 0.6 is 31.9 Å². The SMILES string of the molecule is CSCOCCOC(=O)c1ccccc1.O=C(OCCOCCl)c1ccccc1.OCCO.[B][C@@H]1O[C@H](CC)[C@H](O)C1O.[B][C@@H]1O[C@H](CC)[C@H](O)C1OCOCCOC(=O)c1ccccc1.[B][C@@H]1O[C@H](CC)[C@H](OP(OCC[N+]#[C-])N(C(C)C)C(C)C)C1OCOCCOC(=O)c1ccccc1. The summed E-state index contributed by atoms with van der Waals surface area (Å²) in [5, 5.41) is 43.5. The quantitative estimate of drug-likeness (QED) is 0.00433. The number of nitrogens with zero attached hydrogens (tertiary/aromatic N) is 2. The van der Waals surface area contributed by atoms with Crippen LogP contribution in [0.2, 0.25) is 0 Å². The Labute approximate surface area is 615 Å². The predicted molar refractivity (Wildman–Crippen MR) is 387 cm³/mol. The van der Waals surface area contributed by atoms with Crippen molar-refractivity contribution in [3.63, 3.8) is 0 Å². The number of alkyl halides is 1. The van der Waals surface area contributed by atoms with Gasteiger partial charge in [-0.15, -0.1) is 11.8 Å². The normalized spacial score (nSPS) is 21.9. The summed E-state index contributed by atoms with van der Waals surface area (Å²) in [6.45, 7) is 23.2. The number of thioether (sulfide) groups is 1. The molecule has 3 aliphatic heterocycles. The predicted octanol–water partition coefficient (Wildman–Crippen LogP) is 7.26. The number of hydrogen-bond donors (Lipinski definition) is 5. The van der Waals surface area contributed by atoms with Crippen molar-refractivity contribution in [2.45, 2.75) is 153 Å². The number of benzene rings is 4. The zero-order valence-corrected chi connectivity index (χ0v) is 61.9. The van der Waals surface area contributed by atoms with E-state index in [4.69, 9.17) is 128 Å². The van der Waals surface area contributed by atoms with Crippen molar-refractivity contribution in [3.8, 4) is 0 Å². The van der Waals surface area contributed by atoms with Gasteiger partial charge in [0.05, 0.1) is 92.2 Å². The highest BCUT2D eigenvalue weighted by Crippen LogP contribution is 2.49. The summed E-state index contributed by atoms with van der Waals surface area (Å²) < 4.78 is 83.2. The van der Waals surface area contributed by atoms with E-state index in [1.165, 1.54) is 0 Å². The van der Waals surface area contributed by atoms with Crippen LogP contribution in [0.1, 0.15) is 109 Å². The van der Waals surface area contributed by atoms with E-state index in [1.54, 1.807) is 109 Å². The summed E-state index contributed by atoms with van der Waals surface area (Å²) in [5.41, 5.74) is 2.09. The summed E-state index contributed by atoms with van der Waals surface area (Å²) in [6.07, 6.45) is -1.10. The summed E-state index contributed by atoms with van der Waals surface area (Å²) in [7, 11) is 15.8. The number of halogens is 1. The van der Waals surface area contributed by atoms with E-state index in [2.05, 4.69) is 37.2 Å². The molecule has 3 aliphatic rings. The molecular weight excluding hydrogens is 1380 g/mol. The van der Waals surface area contributed by atoms with E-state index in [0.717, 1.165) is 0 Å². The first-order valence-electron chi connectivity index (χ1n) is 33.4. The number of esters is 4. The van der Waals surface area contributed by atoms with Crippen molar-refractivity contribution >= 4 is 79.3 Å². The van der Waals surface area contributed by atoms with Crippen LogP contribution in [0.5, 0.6) is 0 Å². The van der Waals surface area contributed by atoms with E-state index in [9.17, 15) is 29.4 Å². The molecule has 13 atom stereocenters. The van der Waals surface area contributed by atoms with Gasteiger partial charge in [0.25, 0.3) is 8.53 Å². The number of aliphatic hydroxyl groups is 5. The average Bonchev–Trinajstić information content (AvgIpc) is 1.65. The zero-order valence-electron chi connectivity index (χ0n) is 59.4. The third-order valence-corrected chi connectivity index (χ3v) is 16.8. The van der Waals surface area contributed by atoms with E-state index in [-0.39, 0.29) is 121 Å². The molecule has 4 aromatic carbocycles. The lowest BCUT2D eigenvalue weighted by molar-refractivity contribution is -0.121. The van der Waals surface area contributed by atoms with Gasteiger partial charge in [-0.1, -0.05) is 105 Å². The Morgan fingerprint density at radius 2 is 0.882 bits per heavy atom. The van der Waals surface area contributed by atoms with Crippen molar-refractivity contribution in [3.05, 3.63) is 155 Å². The number of ether oxygens (including phenoxy) is 13. The molecule has 32 heteroatoms. The minimum absolute atomic E-state index is 0.0574. The fourth-order valence-corrected chi connectivity index (χ4v) is 11.3. The summed E-state index contributed by atoms with van der Waals surface area (Å²) in [4.78, 5) is 49.7. The Balaban J connectivity index is 0.000000458. The largest absolute Gasteiger partial charge is 0.460 e. The third kappa shape index (κ3) is 37.2. The number of carbonyl (C=O) groups is 4. The van der Waals surface area contributed by atoms with Gasteiger partial charge in [-0.2, -0.15) is 0 Å². The van der Waals surface area contributed by atoms with E-state index >= 15 is 0 Å². The highest BCUT2D eigenvalue weighted by Gasteiger charge is 2.46. The van der Waals surface area contributed by atoms with Gasteiger partial charge in [0.2, 0.25) is 6.54 Å². The van der Waals surface area contributed by atoms with Crippen LogP contribution in [-0.4, -0.2) is 274 Å². The van der Waals surface area contributed by atoms with Crippen LogP contribution < -0.4 is 0 Å². The van der Waals surface area contributed by atoms with Gasteiger partial charge >= 0.3 is 23.9 Å². The van der Waals surface area contributed by atoms with Gasteiger partial charge in [0.1, 0.15) is 107 Å². The molecule has 0 spiro atoms. The van der Waals surface area contributed by atoms with E-state index < -0.39 is 75.1 Å². The highest BCUT2D eigenvalue weighted by molar-refractivity contribution is 7.98. The average molecular weight is 1490 g/mol. The Morgan fingerprint density at radius 3 is 1.22 bits per heavy atom. The number of hydrogen-bond acceptors (Lipinski definition) is 26. The second-order valence-corrected chi connectivity index (χ2v) is 24.7. The molecule has 6 radical (unpaired) electrons. The molecule has 0 aliphatic carbocycles. The fraction of sp³-hybridized carbons (Fsp3) is 0.586. The van der Waals surface area contributed by atoms with Crippen molar-refractivity contribution in [1.82, 2.24) is 4.67 Å². The Kier molecular flexibility index (Phi) is 52.0. The summed E-state index contributed by atoms with van der Waals surface area (Å²) in [6, 6.07) is 33.6. The zero-order chi connectivity index (χ0) is 75.5. The second kappa shape index (κ2) is 57.1. The van der Waals surface area contributed by atoms with Gasteiger partial charge < -0.3 is 101 Å². The van der Waals surface area contributed by atoms with Crippen LogP contribution in [0.4, 0.5) is 0 Å². The Bertz CT molecular complexity index is 2820. The molecule has 4 aromatic rings. The maximum Gasteiger partial charge on any atom is 0.338 e. The van der Waals surface area contributed by atoms with Crippen molar-refractivity contribution in [1.29, 1.82) is 0 Å². The molecule has 0 aromatic heterocycles. The fourth-order valence-electron chi connectivity index (χ4n) is 9.18. The molecule has 3 fully saturated rings. The summed E-state index contributed by atoms with van der Waals surface area (Å²) in [5.74, 6) is -0.824. The third-order valence-electron chi connectivity index (χ3n) is 14.1. The van der Waals surface area contributed by atoms with Gasteiger partial charge in [-0.25, -0.2) is 30.4 Å². The molecular formula is C70H101B3ClN2O24PS. The van der Waals surface area contributed by atoms with Crippen LogP contribution in [0.25, 0.3) is 4.85 Å². The standard InChI is InChI=1S/C25H38BN2O7P.C16H21BO6.C11H14O3S.C10H11ClO3.C6H11BO3.C2H6O2/c1-7-21-22(35-36(33-14-13-27-6)28(18(2)3)19(4)5)23(24(26)34-21)32-17-30-15-16-31-25(29)20-11-9-8-10-12-20;1-2-12-13(18)14(15(17)23-12)22-10-20-8-9-21-16(19)11-6-4-3-5-7-11;1-15-9-13-7-8-14-11(12)10-5-3-2-4-6-10;11-8-13-6-7-14-10(12)9-4-2-1-3-5-9;1-2-3-4(8)5(9)6(7)10-3;3-1-2-4/h8-12,18-19,21-24H,7,13-17H2,1-5H3;3-7,12-15,18H,2,8-10H2,1H3;2-6H,7-9H2,1H3;1-5H,6-8H2;3-6,8-9H,2H2,1H3;3-4H,1-2H2/t21-,22+,23?,24-,36?;12-,13+,14?,15-;;;3-,4+,5?,6-;/m11..1./s1. The lowest BCUT2D eigenvalue weighted by Gasteiger charge is -2.38. The molecule has 4 unspecified atom stereocenters. The lowest BCUT2D eigenvalue weighted by Crippen LogP contribution is -2.41. The molecule has 7 rings (SSSR count). The lowest BCUT2D eigenvalue weighted by atomic mass is 9.92. The van der Waals surface area contributed by atoms with Crippen LogP contribution in [-0.2, 0) is 70.6 Å².